The lowest BCUT2D eigenvalue weighted by molar-refractivity contribution is -0.163. The van der Waals surface area contributed by atoms with Crippen LogP contribution in [0.5, 0.6) is 0 Å². The third-order valence-corrected chi connectivity index (χ3v) is 9.87. The highest BCUT2D eigenvalue weighted by Gasteiger charge is 2.56. The molecule has 2 atom stereocenters. The number of carbonyl (C=O) groups is 3. The molecule has 0 N–H and O–H groups in total. The van der Waals surface area contributed by atoms with Gasteiger partial charge in [0.2, 0.25) is 6.79 Å². The van der Waals surface area contributed by atoms with Gasteiger partial charge in [-0.3, -0.25) is 33.2 Å². The van der Waals surface area contributed by atoms with E-state index in [0.29, 0.717) is 26.2 Å². The van der Waals surface area contributed by atoms with E-state index < -0.39 is 37.1 Å². The van der Waals surface area contributed by atoms with Gasteiger partial charge in [-0.05, 0) is 72.6 Å². The Morgan fingerprint density at radius 2 is 1.21 bits per heavy atom. The maximum atomic E-state index is 14.0. The van der Waals surface area contributed by atoms with Crippen LogP contribution in [0, 0.1) is 17.3 Å². The molecule has 0 spiro atoms. The van der Waals surface area contributed by atoms with E-state index in [4.69, 9.17) is 27.8 Å². The van der Waals surface area contributed by atoms with Crippen molar-refractivity contribution in [2.45, 2.75) is 57.5 Å². The Hall–Kier alpha value is -1.24. The van der Waals surface area contributed by atoms with Gasteiger partial charge in [-0.2, -0.15) is 0 Å². The number of hydrogen-bond acceptors (Lipinski definition) is 12. The molecule has 6 rings (SSSR count). The van der Waals surface area contributed by atoms with Gasteiger partial charge in [0.25, 0.3) is 0 Å². The van der Waals surface area contributed by atoms with Gasteiger partial charge in [-0.15, -0.1) is 0 Å². The molecule has 0 unspecified atom stereocenters. The molecular formula is C26H43N2O10P. The van der Waals surface area contributed by atoms with Crippen molar-refractivity contribution < 1.29 is 46.7 Å². The summed E-state index contributed by atoms with van der Waals surface area (Å²) < 4.78 is 47.3. The summed E-state index contributed by atoms with van der Waals surface area (Å²) in [6, 6.07) is 0. The normalized spacial score (nSPS) is 35.7. The summed E-state index contributed by atoms with van der Waals surface area (Å²) >= 11 is 0. The van der Waals surface area contributed by atoms with Crippen LogP contribution >= 0.6 is 7.82 Å². The van der Waals surface area contributed by atoms with Crippen LogP contribution in [0.25, 0.3) is 0 Å². The summed E-state index contributed by atoms with van der Waals surface area (Å²) in [5.41, 5.74) is -3.07. The maximum absolute atomic E-state index is 14.0. The molecule has 0 aromatic rings. The number of ether oxygens (including phenoxy) is 3. The number of rotatable bonds is 13. The first-order chi connectivity index (χ1) is 18.4. The SMILES string of the molecule is COC[C@@]1(COP(=O)(OCOC(=O)C(C)(C)C)OC[C@]2(COC)C(=O)C3CCN2CC3)C(=O)C2CCN1CC2. The van der Waals surface area contributed by atoms with Crippen molar-refractivity contribution in [3.05, 3.63) is 0 Å². The number of fused-ring (bicyclic) bond motifs is 6. The predicted molar refractivity (Wildman–Crippen MR) is 139 cm³/mol. The second-order valence-electron chi connectivity index (χ2n) is 12.1. The van der Waals surface area contributed by atoms with Gasteiger partial charge >= 0.3 is 13.8 Å². The van der Waals surface area contributed by atoms with Crippen LogP contribution in [0.15, 0.2) is 0 Å². The topological polar surface area (TPSA) is 130 Å². The molecule has 39 heavy (non-hydrogen) atoms. The average Bonchev–Trinajstić information content (AvgIpc) is 2.91. The zero-order valence-electron chi connectivity index (χ0n) is 23.8. The number of Topliss-reactive ketones (excluding diaryl/α,β-unsaturated/α-hetero) is 2. The van der Waals surface area contributed by atoms with Crippen molar-refractivity contribution in [3.63, 3.8) is 0 Å². The molecule has 0 radical (unpaired) electrons. The number of methoxy groups -OCH3 is 2. The summed E-state index contributed by atoms with van der Waals surface area (Å²) in [6.07, 6.45) is 3.04. The fourth-order valence-corrected chi connectivity index (χ4v) is 7.41. The Morgan fingerprint density at radius 1 is 0.795 bits per heavy atom. The molecule has 0 aromatic carbocycles. The molecular weight excluding hydrogens is 531 g/mol. The van der Waals surface area contributed by atoms with E-state index in [1.54, 1.807) is 20.8 Å². The molecule has 6 aliphatic rings. The number of hydrogen-bond donors (Lipinski definition) is 0. The number of carbonyl (C=O) groups excluding carboxylic acids is 3. The zero-order valence-corrected chi connectivity index (χ0v) is 24.7. The van der Waals surface area contributed by atoms with Gasteiger partial charge in [0.15, 0.2) is 11.6 Å². The van der Waals surface area contributed by atoms with Gasteiger partial charge in [0, 0.05) is 26.1 Å². The summed E-state index contributed by atoms with van der Waals surface area (Å²) in [4.78, 5) is 43.1. The number of esters is 1. The van der Waals surface area contributed by atoms with Crippen LogP contribution in [0.3, 0.4) is 0 Å². The molecule has 222 valence electrons. The lowest BCUT2D eigenvalue weighted by Crippen LogP contribution is -2.69. The quantitative estimate of drug-likeness (QED) is 0.181. The number of phosphoric acid groups is 1. The molecule has 6 aliphatic heterocycles. The highest BCUT2D eigenvalue weighted by atomic mass is 31.2. The fourth-order valence-electron chi connectivity index (χ4n) is 6.27. The Kier molecular flexibility index (Phi) is 9.40. The molecule has 6 heterocycles. The fraction of sp³-hybridized carbons (Fsp3) is 0.885. The van der Waals surface area contributed by atoms with Crippen molar-refractivity contribution in [2.75, 3.05) is 73.6 Å². The van der Waals surface area contributed by atoms with E-state index in [0.717, 1.165) is 25.7 Å². The first kappa shape index (κ1) is 30.7. The first-order valence-corrected chi connectivity index (χ1v) is 15.1. The van der Waals surface area contributed by atoms with E-state index in [1.165, 1.54) is 14.2 Å². The summed E-state index contributed by atoms with van der Waals surface area (Å²) in [5.74, 6) is -0.826. The van der Waals surface area contributed by atoms with Crippen LogP contribution in [0.2, 0.25) is 0 Å². The summed E-state index contributed by atoms with van der Waals surface area (Å²) in [7, 11) is -1.43. The number of nitrogens with zero attached hydrogens (tertiary/aromatic N) is 2. The van der Waals surface area contributed by atoms with E-state index in [2.05, 4.69) is 0 Å². The van der Waals surface area contributed by atoms with Gasteiger partial charge in [0.05, 0.1) is 31.8 Å². The van der Waals surface area contributed by atoms with Crippen LogP contribution in [0.1, 0.15) is 46.5 Å². The molecule has 13 heteroatoms. The number of phosphoric ester groups is 1. The zero-order chi connectivity index (χ0) is 28.5. The molecule has 0 aromatic heterocycles. The maximum Gasteiger partial charge on any atom is 0.477 e. The molecule has 0 saturated carbocycles. The molecule has 0 amide bonds. The summed E-state index contributed by atoms with van der Waals surface area (Å²) in [6.45, 7) is 6.68. The van der Waals surface area contributed by atoms with Gasteiger partial charge in [0.1, 0.15) is 11.1 Å². The van der Waals surface area contributed by atoms with Gasteiger partial charge < -0.3 is 14.2 Å². The Bertz CT molecular complexity index is 912. The van der Waals surface area contributed by atoms with Gasteiger partial charge in [-0.1, -0.05) is 0 Å². The number of piperidine rings is 6. The molecule has 4 bridgehead atoms. The molecule has 12 nitrogen and oxygen atoms in total. The third-order valence-electron chi connectivity index (χ3n) is 8.56. The van der Waals surface area contributed by atoms with Crippen molar-refractivity contribution in [3.8, 4) is 0 Å². The van der Waals surface area contributed by atoms with Crippen LogP contribution in [0.4, 0.5) is 0 Å². The largest absolute Gasteiger partial charge is 0.477 e. The van der Waals surface area contributed by atoms with Crippen LogP contribution < -0.4 is 0 Å². The van der Waals surface area contributed by atoms with E-state index in [9.17, 15) is 18.9 Å². The minimum atomic E-state index is -4.44. The lowest BCUT2D eigenvalue weighted by atomic mass is 9.74. The predicted octanol–water partition coefficient (Wildman–Crippen LogP) is 2.05. The Morgan fingerprint density at radius 3 is 1.54 bits per heavy atom. The minimum Gasteiger partial charge on any atom is -0.437 e. The standard InChI is InChI=1S/C26H43N2O10P/c1-24(2,3)23(31)35-18-38-39(32,36-16-25(14-33-4)21(29)19-6-10-27(25)11-7-19)37-17-26(15-34-5)22(30)20-8-12-28(26)13-9-20/h19-20H,6-18H2,1-5H3/t25-,26-/m1/s1. The van der Waals surface area contributed by atoms with E-state index in [-0.39, 0.29) is 49.8 Å². The second kappa shape index (κ2) is 11.9. The Balaban J connectivity index is 1.54. The third kappa shape index (κ3) is 6.04. The molecule has 6 fully saturated rings. The lowest BCUT2D eigenvalue weighted by Gasteiger charge is -2.52. The average molecular weight is 575 g/mol. The first-order valence-electron chi connectivity index (χ1n) is 13.7. The van der Waals surface area contributed by atoms with E-state index in [1.807, 2.05) is 9.80 Å². The van der Waals surface area contributed by atoms with Crippen molar-refractivity contribution in [2.24, 2.45) is 17.3 Å². The van der Waals surface area contributed by atoms with Crippen molar-refractivity contribution in [1.82, 2.24) is 9.80 Å². The smallest absolute Gasteiger partial charge is 0.437 e. The van der Waals surface area contributed by atoms with Crippen LogP contribution in [-0.2, 0) is 46.7 Å². The minimum absolute atomic E-state index is 0.0192. The molecule has 0 aliphatic carbocycles. The Labute approximate surface area is 230 Å². The number of ketones is 2. The highest BCUT2D eigenvalue weighted by molar-refractivity contribution is 7.48. The van der Waals surface area contributed by atoms with E-state index >= 15 is 0 Å². The van der Waals surface area contributed by atoms with Crippen molar-refractivity contribution >= 4 is 25.4 Å². The molecule has 6 saturated heterocycles. The van der Waals surface area contributed by atoms with Crippen molar-refractivity contribution in [1.29, 1.82) is 0 Å². The second-order valence-corrected chi connectivity index (χ2v) is 13.8. The highest BCUT2D eigenvalue weighted by Crippen LogP contribution is 2.53. The van der Waals surface area contributed by atoms with Gasteiger partial charge in [-0.25, -0.2) is 9.09 Å². The monoisotopic (exact) mass is 574 g/mol. The van der Waals surface area contributed by atoms with Crippen LogP contribution in [-0.4, -0.2) is 112 Å². The summed E-state index contributed by atoms with van der Waals surface area (Å²) in [5, 5.41) is 0.